The second kappa shape index (κ2) is 6.03. The zero-order valence-corrected chi connectivity index (χ0v) is 11.2. The largest absolute Gasteiger partial charge is 0.460 e. The molecule has 0 radical (unpaired) electrons. The maximum Gasteiger partial charge on any atom is 0.417 e. The molecule has 2 atom stereocenters. The lowest BCUT2D eigenvalue weighted by Crippen LogP contribution is -2.58. The van der Waals surface area contributed by atoms with Crippen molar-refractivity contribution in [2.45, 2.75) is 37.3 Å². The van der Waals surface area contributed by atoms with E-state index >= 15 is 0 Å². The Morgan fingerprint density at radius 3 is 2.67 bits per heavy atom. The van der Waals surface area contributed by atoms with Gasteiger partial charge in [-0.25, -0.2) is 0 Å². The third-order valence-electron chi connectivity index (χ3n) is 3.51. The Balaban J connectivity index is 1.94. The number of carbonyl (C=O) groups excluding carboxylic acids is 1. The topological polar surface area (TPSA) is 58.6 Å². The van der Waals surface area contributed by atoms with E-state index in [4.69, 9.17) is 4.74 Å². The van der Waals surface area contributed by atoms with Gasteiger partial charge in [-0.2, -0.15) is 13.2 Å². The fraction of sp³-hybridized carbons (Fsp3) is 0.500. The van der Waals surface area contributed by atoms with Crippen LogP contribution in [0, 0.1) is 0 Å². The summed E-state index contributed by atoms with van der Waals surface area (Å²) >= 11 is 0. The molecule has 0 aromatic heterocycles. The van der Waals surface area contributed by atoms with E-state index in [1.807, 2.05) is 0 Å². The predicted octanol–water partition coefficient (Wildman–Crippen LogP) is 1.78. The van der Waals surface area contributed by atoms with Gasteiger partial charge in [0.15, 0.2) is 5.60 Å². The first-order valence-corrected chi connectivity index (χ1v) is 6.55. The minimum Gasteiger partial charge on any atom is -0.460 e. The summed E-state index contributed by atoms with van der Waals surface area (Å²) in [7, 11) is 0. The number of esters is 1. The summed E-state index contributed by atoms with van der Waals surface area (Å²) in [6.07, 6.45) is -5.96. The molecule has 1 saturated heterocycles. The number of rotatable bonds is 3. The van der Waals surface area contributed by atoms with Gasteiger partial charge in [-0.05, 0) is 18.5 Å². The van der Waals surface area contributed by atoms with Crippen LogP contribution in [0.1, 0.15) is 18.4 Å². The molecule has 2 rings (SSSR count). The molecule has 1 aliphatic rings. The highest BCUT2D eigenvalue weighted by molar-refractivity contribution is 5.76. The average molecular weight is 303 g/mol. The van der Waals surface area contributed by atoms with E-state index in [1.54, 1.807) is 30.3 Å². The molecule has 7 heteroatoms. The average Bonchev–Trinajstić information content (AvgIpc) is 2.45. The third-order valence-corrected chi connectivity index (χ3v) is 3.51. The molecule has 0 aliphatic carbocycles. The van der Waals surface area contributed by atoms with Gasteiger partial charge in [0.2, 0.25) is 0 Å². The summed E-state index contributed by atoms with van der Waals surface area (Å²) in [4.78, 5) is 11.8. The number of hydrogen-bond acceptors (Lipinski definition) is 4. The molecule has 1 fully saturated rings. The molecule has 21 heavy (non-hydrogen) atoms. The van der Waals surface area contributed by atoms with Crippen molar-refractivity contribution in [3.63, 3.8) is 0 Å². The van der Waals surface area contributed by atoms with Crippen molar-refractivity contribution < 1.29 is 27.8 Å². The smallest absolute Gasteiger partial charge is 0.417 e. The summed E-state index contributed by atoms with van der Waals surface area (Å²) in [6, 6.07) is 7.67. The normalized spacial score (nSPS) is 26.4. The van der Waals surface area contributed by atoms with Crippen LogP contribution in [-0.4, -0.2) is 35.4 Å². The van der Waals surface area contributed by atoms with Gasteiger partial charge in [0.05, 0.1) is 0 Å². The summed E-state index contributed by atoms with van der Waals surface area (Å²) < 4.78 is 43.3. The van der Waals surface area contributed by atoms with Gasteiger partial charge < -0.3 is 15.2 Å². The highest BCUT2D eigenvalue weighted by atomic mass is 19.4. The number of benzene rings is 1. The van der Waals surface area contributed by atoms with Crippen molar-refractivity contribution in [1.82, 2.24) is 5.32 Å². The standard InChI is InChI=1S/C14H16F3NO3/c15-14(16,17)13(20)6-7-18-11(8-13)12(19)21-9-10-4-2-1-3-5-10/h1-5,11,18,20H,6-9H2/t11-,13?/m0/s1. The van der Waals surface area contributed by atoms with Crippen molar-refractivity contribution in [3.05, 3.63) is 35.9 Å². The molecule has 1 heterocycles. The Kier molecular flexibility index (Phi) is 4.53. The van der Waals surface area contributed by atoms with E-state index in [0.29, 0.717) is 0 Å². The SMILES string of the molecule is O=C(OCc1ccccc1)[C@@H]1CC(O)(C(F)(F)F)CCN1. The Morgan fingerprint density at radius 1 is 1.38 bits per heavy atom. The van der Waals surface area contributed by atoms with Crippen molar-refractivity contribution >= 4 is 5.97 Å². The molecule has 0 bridgehead atoms. The zero-order valence-electron chi connectivity index (χ0n) is 11.2. The van der Waals surface area contributed by atoms with Gasteiger partial charge in [-0.15, -0.1) is 0 Å². The fourth-order valence-electron chi connectivity index (χ4n) is 2.22. The summed E-state index contributed by atoms with van der Waals surface area (Å²) in [5.74, 6) is -0.791. The lowest BCUT2D eigenvalue weighted by Gasteiger charge is -2.37. The molecule has 1 aromatic rings. The number of nitrogens with one attached hydrogen (secondary N) is 1. The monoisotopic (exact) mass is 303 g/mol. The van der Waals surface area contributed by atoms with Crippen LogP contribution in [0.4, 0.5) is 13.2 Å². The first kappa shape index (κ1) is 15.8. The van der Waals surface area contributed by atoms with Crippen LogP contribution in [0.15, 0.2) is 30.3 Å². The second-order valence-electron chi connectivity index (χ2n) is 5.08. The van der Waals surface area contributed by atoms with Gasteiger partial charge in [0.1, 0.15) is 12.6 Å². The number of alkyl halides is 3. The van der Waals surface area contributed by atoms with Crippen LogP contribution in [0.5, 0.6) is 0 Å². The Hall–Kier alpha value is -1.60. The van der Waals surface area contributed by atoms with E-state index < -0.39 is 36.6 Å². The van der Waals surface area contributed by atoms with Gasteiger partial charge in [-0.1, -0.05) is 30.3 Å². The molecular weight excluding hydrogens is 287 g/mol. The molecular formula is C14H16F3NO3. The molecule has 1 aliphatic heterocycles. The molecule has 0 saturated carbocycles. The van der Waals surface area contributed by atoms with Crippen LogP contribution < -0.4 is 5.32 Å². The number of aliphatic hydroxyl groups is 1. The van der Waals surface area contributed by atoms with Gasteiger partial charge in [0, 0.05) is 6.42 Å². The summed E-state index contributed by atoms with van der Waals surface area (Å²) in [5.41, 5.74) is -2.10. The van der Waals surface area contributed by atoms with Crippen LogP contribution in [0.25, 0.3) is 0 Å². The fourth-order valence-corrected chi connectivity index (χ4v) is 2.22. The van der Waals surface area contributed by atoms with Crippen molar-refractivity contribution in [2.75, 3.05) is 6.54 Å². The zero-order chi connectivity index (χ0) is 15.5. The number of hydrogen-bond donors (Lipinski definition) is 2. The van der Waals surface area contributed by atoms with Crippen molar-refractivity contribution in [1.29, 1.82) is 0 Å². The molecule has 1 aromatic carbocycles. The Labute approximate surface area is 119 Å². The van der Waals surface area contributed by atoms with E-state index in [0.717, 1.165) is 5.56 Å². The number of piperidine rings is 1. The predicted molar refractivity (Wildman–Crippen MR) is 68.3 cm³/mol. The van der Waals surface area contributed by atoms with E-state index in [2.05, 4.69) is 5.32 Å². The molecule has 116 valence electrons. The van der Waals surface area contributed by atoms with Crippen LogP contribution in [-0.2, 0) is 16.1 Å². The molecule has 0 spiro atoms. The van der Waals surface area contributed by atoms with E-state index in [1.165, 1.54) is 0 Å². The van der Waals surface area contributed by atoms with Crippen LogP contribution >= 0.6 is 0 Å². The van der Waals surface area contributed by atoms with E-state index in [-0.39, 0.29) is 13.2 Å². The summed E-state index contributed by atoms with van der Waals surface area (Å²) in [5, 5.41) is 12.3. The maximum atomic E-state index is 12.8. The first-order valence-electron chi connectivity index (χ1n) is 6.55. The Bertz CT molecular complexity index is 492. The molecule has 4 nitrogen and oxygen atoms in total. The van der Waals surface area contributed by atoms with Gasteiger partial charge in [-0.3, -0.25) is 4.79 Å². The minimum absolute atomic E-state index is 0.0116. The van der Waals surface area contributed by atoms with Crippen molar-refractivity contribution in [3.8, 4) is 0 Å². The molecule has 2 N–H and O–H groups in total. The number of halogens is 3. The highest BCUT2D eigenvalue weighted by Gasteiger charge is 2.56. The lowest BCUT2D eigenvalue weighted by molar-refractivity contribution is -0.270. The van der Waals surface area contributed by atoms with E-state index in [9.17, 15) is 23.1 Å². The Morgan fingerprint density at radius 2 is 2.05 bits per heavy atom. The quantitative estimate of drug-likeness (QED) is 0.836. The van der Waals surface area contributed by atoms with Crippen LogP contribution in [0.2, 0.25) is 0 Å². The maximum absolute atomic E-state index is 12.8. The van der Waals surface area contributed by atoms with Crippen LogP contribution in [0.3, 0.4) is 0 Å². The summed E-state index contributed by atoms with van der Waals surface area (Å²) in [6.45, 7) is -0.108. The third kappa shape index (κ3) is 3.74. The van der Waals surface area contributed by atoms with Crippen molar-refractivity contribution in [2.24, 2.45) is 0 Å². The highest BCUT2D eigenvalue weighted by Crippen LogP contribution is 2.38. The second-order valence-corrected chi connectivity index (χ2v) is 5.08. The van der Waals surface area contributed by atoms with Gasteiger partial charge in [0.25, 0.3) is 0 Å². The lowest BCUT2D eigenvalue weighted by atomic mass is 9.87. The number of carbonyl (C=O) groups is 1. The minimum atomic E-state index is -4.76. The molecule has 1 unspecified atom stereocenters. The van der Waals surface area contributed by atoms with Gasteiger partial charge >= 0.3 is 12.1 Å². The first-order chi connectivity index (χ1) is 9.82. The number of ether oxygens (including phenoxy) is 1. The molecule has 0 amide bonds.